The molecule has 1 aromatic rings. The van der Waals surface area contributed by atoms with Crippen LogP contribution in [0.5, 0.6) is 0 Å². The molecule has 0 aliphatic carbocycles. The van der Waals surface area contributed by atoms with E-state index >= 15 is 0 Å². The molecular formula is C8H7BrO4S. The summed E-state index contributed by atoms with van der Waals surface area (Å²) in [5.74, 6) is -2.13. The second-order valence-corrected chi connectivity index (χ2v) is 4.75. The van der Waals surface area contributed by atoms with Crippen LogP contribution >= 0.6 is 27.3 Å². The van der Waals surface area contributed by atoms with E-state index in [1.54, 1.807) is 6.92 Å². The highest BCUT2D eigenvalue weighted by atomic mass is 79.9. The van der Waals surface area contributed by atoms with Crippen molar-refractivity contribution in [1.82, 2.24) is 0 Å². The number of hydrogen-bond acceptors (Lipinski definition) is 3. The first-order chi connectivity index (χ1) is 6.43. The minimum absolute atomic E-state index is 0.0647. The number of aromatic carboxylic acids is 1. The zero-order chi connectivity index (χ0) is 10.9. The van der Waals surface area contributed by atoms with Crippen LogP contribution in [-0.2, 0) is 11.2 Å². The molecule has 2 N–H and O–H groups in total. The largest absolute Gasteiger partial charge is 0.481 e. The normalized spacial score (nSPS) is 10.1. The van der Waals surface area contributed by atoms with Gasteiger partial charge in [-0.2, -0.15) is 0 Å². The lowest BCUT2D eigenvalue weighted by Crippen LogP contribution is -2.04. The van der Waals surface area contributed by atoms with E-state index in [4.69, 9.17) is 10.2 Å². The molecule has 4 nitrogen and oxygen atoms in total. The third kappa shape index (κ3) is 2.13. The zero-order valence-electron chi connectivity index (χ0n) is 7.20. The smallest absolute Gasteiger partial charge is 0.338 e. The van der Waals surface area contributed by atoms with Gasteiger partial charge in [0.1, 0.15) is 0 Å². The van der Waals surface area contributed by atoms with E-state index in [-0.39, 0.29) is 12.0 Å². The van der Waals surface area contributed by atoms with Gasteiger partial charge in [-0.05, 0) is 22.9 Å². The Morgan fingerprint density at radius 1 is 1.43 bits per heavy atom. The second-order valence-electron chi connectivity index (χ2n) is 2.65. The summed E-state index contributed by atoms with van der Waals surface area (Å²) in [5, 5.41) is 17.4. The average molecular weight is 279 g/mol. The van der Waals surface area contributed by atoms with Crippen molar-refractivity contribution >= 4 is 39.2 Å². The van der Waals surface area contributed by atoms with Crippen molar-refractivity contribution in [3.8, 4) is 0 Å². The summed E-state index contributed by atoms with van der Waals surface area (Å²) in [6.07, 6.45) is -0.251. The summed E-state index contributed by atoms with van der Waals surface area (Å²) in [7, 11) is 0. The van der Waals surface area contributed by atoms with E-state index in [9.17, 15) is 9.59 Å². The first-order valence-corrected chi connectivity index (χ1v) is 5.27. The Balaban J connectivity index is 3.22. The highest BCUT2D eigenvalue weighted by Crippen LogP contribution is 2.32. The van der Waals surface area contributed by atoms with E-state index in [0.717, 1.165) is 4.88 Å². The SMILES string of the molecule is Cc1sc(CC(=O)O)c(C(=O)O)c1Br. The zero-order valence-corrected chi connectivity index (χ0v) is 9.61. The summed E-state index contributed by atoms with van der Waals surface area (Å²) in [5.41, 5.74) is 0.0647. The summed E-state index contributed by atoms with van der Waals surface area (Å²) in [6.45, 7) is 1.74. The van der Waals surface area contributed by atoms with Gasteiger partial charge in [0, 0.05) is 14.2 Å². The summed E-state index contributed by atoms with van der Waals surface area (Å²) >= 11 is 4.32. The van der Waals surface area contributed by atoms with Gasteiger partial charge >= 0.3 is 11.9 Å². The number of carboxylic acid groups (broad SMARTS) is 2. The fourth-order valence-corrected chi connectivity index (χ4v) is 2.89. The lowest BCUT2D eigenvalue weighted by Gasteiger charge is -1.95. The minimum Gasteiger partial charge on any atom is -0.481 e. The Labute approximate surface area is 92.3 Å². The van der Waals surface area contributed by atoms with Gasteiger partial charge in [-0.1, -0.05) is 0 Å². The molecule has 1 rings (SSSR count). The molecule has 0 bridgehead atoms. The number of hydrogen-bond donors (Lipinski definition) is 2. The van der Waals surface area contributed by atoms with E-state index in [1.165, 1.54) is 11.3 Å². The van der Waals surface area contributed by atoms with E-state index < -0.39 is 11.9 Å². The minimum atomic E-state index is -1.10. The van der Waals surface area contributed by atoms with Crippen molar-refractivity contribution in [2.24, 2.45) is 0 Å². The van der Waals surface area contributed by atoms with Gasteiger partial charge in [0.05, 0.1) is 12.0 Å². The summed E-state index contributed by atoms with van der Waals surface area (Å²) in [6, 6.07) is 0. The monoisotopic (exact) mass is 278 g/mol. The molecular weight excluding hydrogens is 272 g/mol. The van der Waals surface area contributed by atoms with Crippen LogP contribution in [-0.4, -0.2) is 22.2 Å². The lowest BCUT2D eigenvalue weighted by atomic mass is 10.2. The van der Waals surface area contributed by atoms with Gasteiger partial charge in [-0.15, -0.1) is 11.3 Å². The predicted molar refractivity (Wildman–Crippen MR) is 55.1 cm³/mol. The van der Waals surface area contributed by atoms with E-state index in [0.29, 0.717) is 9.35 Å². The van der Waals surface area contributed by atoms with E-state index in [1.807, 2.05) is 0 Å². The maximum absolute atomic E-state index is 10.8. The van der Waals surface area contributed by atoms with Crippen molar-refractivity contribution in [1.29, 1.82) is 0 Å². The first-order valence-electron chi connectivity index (χ1n) is 3.66. The number of carbonyl (C=O) groups is 2. The molecule has 0 spiro atoms. The molecule has 1 heterocycles. The van der Waals surface area contributed by atoms with Crippen LogP contribution in [0.4, 0.5) is 0 Å². The number of thiophene rings is 1. The molecule has 0 fully saturated rings. The van der Waals surface area contributed by atoms with Crippen LogP contribution < -0.4 is 0 Å². The number of rotatable bonds is 3. The first kappa shape index (κ1) is 11.2. The van der Waals surface area contributed by atoms with Gasteiger partial charge < -0.3 is 10.2 Å². The fraction of sp³-hybridized carbons (Fsp3) is 0.250. The van der Waals surface area contributed by atoms with Gasteiger partial charge in [0.2, 0.25) is 0 Å². The van der Waals surface area contributed by atoms with Crippen molar-refractivity contribution in [3.05, 3.63) is 19.8 Å². The second kappa shape index (κ2) is 4.10. The fourth-order valence-electron chi connectivity index (χ4n) is 1.05. The number of halogens is 1. The molecule has 0 aromatic carbocycles. The van der Waals surface area contributed by atoms with Crippen LogP contribution in [0.2, 0.25) is 0 Å². The highest BCUT2D eigenvalue weighted by Gasteiger charge is 2.21. The van der Waals surface area contributed by atoms with Crippen LogP contribution in [0, 0.1) is 6.92 Å². The molecule has 0 aliphatic heterocycles. The highest BCUT2D eigenvalue weighted by molar-refractivity contribution is 9.10. The Kier molecular flexibility index (Phi) is 3.28. The molecule has 0 saturated heterocycles. The van der Waals surface area contributed by atoms with Crippen LogP contribution in [0.15, 0.2) is 4.47 Å². The molecule has 0 saturated carbocycles. The number of aryl methyl sites for hydroxylation is 1. The van der Waals surface area contributed by atoms with Gasteiger partial charge in [0.15, 0.2) is 0 Å². The molecule has 1 aromatic heterocycles. The van der Waals surface area contributed by atoms with Crippen LogP contribution in [0.3, 0.4) is 0 Å². The molecule has 76 valence electrons. The van der Waals surface area contributed by atoms with Crippen molar-refractivity contribution in [3.63, 3.8) is 0 Å². The summed E-state index contributed by atoms with van der Waals surface area (Å²) < 4.78 is 0.478. The maximum Gasteiger partial charge on any atom is 0.338 e. The van der Waals surface area contributed by atoms with Crippen LogP contribution in [0.25, 0.3) is 0 Å². The van der Waals surface area contributed by atoms with E-state index in [2.05, 4.69) is 15.9 Å². The van der Waals surface area contributed by atoms with Crippen molar-refractivity contribution in [2.45, 2.75) is 13.3 Å². The Hall–Kier alpha value is -0.880. The average Bonchev–Trinajstić information content (AvgIpc) is 2.26. The predicted octanol–water partition coefficient (Wildman–Crippen LogP) is 2.14. The van der Waals surface area contributed by atoms with Crippen LogP contribution in [0.1, 0.15) is 20.1 Å². The maximum atomic E-state index is 10.8. The Morgan fingerprint density at radius 3 is 2.43 bits per heavy atom. The molecule has 0 unspecified atom stereocenters. The quantitative estimate of drug-likeness (QED) is 0.889. The lowest BCUT2D eigenvalue weighted by molar-refractivity contribution is -0.136. The topological polar surface area (TPSA) is 74.6 Å². The molecule has 0 aliphatic rings. The van der Waals surface area contributed by atoms with Gasteiger partial charge in [-0.25, -0.2) is 4.79 Å². The third-order valence-electron chi connectivity index (χ3n) is 1.61. The molecule has 14 heavy (non-hydrogen) atoms. The van der Waals surface area contributed by atoms with Crippen molar-refractivity contribution < 1.29 is 19.8 Å². The molecule has 0 radical (unpaired) electrons. The number of carboxylic acids is 2. The number of aliphatic carboxylic acids is 1. The molecule has 0 atom stereocenters. The Morgan fingerprint density at radius 2 is 2.00 bits per heavy atom. The van der Waals surface area contributed by atoms with Gasteiger partial charge in [-0.3, -0.25) is 4.79 Å². The van der Waals surface area contributed by atoms with Gasteiger partial charge in [0.25, 0.3) is 0 Å². The molecule has 0 amide bonds. The standard InChI is InChI=1S/C8H7BrO4S/c1-3-7(9)6(8(12)13)4(14-3)2-5(10)11/h2H2,1H3,(H,10,11)(H,12,13). The Bertz CT molecular complexity index is 396. The van der Waals surface area contributed by atoms with Crippen molar-refractivity contribution in [2.75, 3.05) is 0 Å². The molecule has 6 heteroatoms. The third-order valence-corrected chi connectivity index (χ3v) is 3.97. The summed E-state index contributed by atoms with van der Waals surface area (Å²) in [4.78, 5) is 22.4.